The summed E-state index contributed by atoms with van der Waals surface area (Å²) in [5.41, 5.74) is 4.49. The summed E-state index contributed by atoms with van der Waals surface area (Å²) in [6, 6.07) is 18.9. The molecule has 0 aliphatic carbocycles. The number of hydrogen-bond acceptors (Lipinski definition) is 3. The fourth-order valence-electron chi connectivity index (χ4n) is 3.31. The lowest BCUT2D eigenvalue weighted by atomic mass is 9.76. The van der Waals surface area contributed by atoms with Gasteiger partial charge in [0.1, 0.15) is 0 Å². The average Bonchev–Trinajstić information content (AvgIpc) is 2.82. The normalized spacial score (nSPS) is 18.4. The number of rotatable bonds is 2. The third kappa shape index (κ3) is 2.83. The maximum absolute atomic E-state index is 6.33. The molecule has 4 heteroatoms. The van der Waals surface area contributed by atoms with Crippen molar-refractivity contribution in [1.29, 1.82) is 0 Å². The average molecular weight is 345 g/mol. The Labute approximate surface area is 155 Å². The first-order valence-electron chi connectivity index (χ1n) is 9.09. The standard InChI is InChI=1S/C22H24BNO2/c1-15-11-12-17-13-18(16-9-7-6-8-10-16)14-19(20(17)24-15)23-25-21(2,3)22(4,5)26-23/h6-14H,1-5H3. The Kier molecular flexibility index (Phi) is 3.94. The quantitative estimate of drug-likeness (QED) is 0.641. The smallest absolute Gasteiger partial charge is 0.399 e. The van der Waals surface area contributed by atoms with Gasteiger partial charge in [-0.3, -0.25) is 4.98 Å². The van der Waals surface area contributed by atoms with Gasteiger partial charge in [0.25, 0.3) is 0 Å². The summed E-state index contributed by atoms with van der Waals surface area (Å²) in [6.45, 7) is 10.3. The van der Waals surface area contributed by atoms with E-state index in [1.54, 1.807) is 0 Å². The van der Waals surface area contributed by atoms with Crippen molar-refractivity contribution in [2.75, 3.05) is 0 Å². The van der Waals surface area contributed by atoms with E-state index in [4.69, 9.17) is 14.3 Å². The van der Waals surface area contributed by atoms with Crippen LogP contribution < -0.4 is 5.46 Å². The van der Waals surface area contributed by atoms with Gasteiger partial charge in [0, 0.05) is 16.5 Å². The van der Waals surface area contributed by atoms with Gasteiger partial charge in [-0.1, -0.05) is 42.5 Å². The molecule has 4 rings (SSSR count). The van der Waals surface area contributed by atoms with Crippen molar-refractivity contribution in [2.24, 2.45) is 0 Å². The van der Waals surface area contributed by atoms with Crippen LogP contribution in [0.3, 0.4) is 0 Å². The highest BCUT2D eigenvalue weighted by molar-refractivity contribution is 6.65. The molecule has 0 bridgehead atoms. The Morgan fingerprint density at radius 3 is 2.12 bits per heavy atom. The molecule has 1 aliphatic heterocycles. The van der Waals surface area contributed by atoms with Gasteiger partial charge in [0.05, 0.1) is 16.7 Å². The van der Waals surface area contributed by atoms with Crippen LogP contribution in [-0.2, 0) is 9.31 Å². The molecule has 0 saturated carbocycles. The highest BCUT2D eigenvalue weighted by Crippen LogP contribution is 2.37. The van der Waals surface area contributed by atoms with E-state index in [2.05, 4.69) is 70.2 Å². The van der Waals surface area contributed by atoms with Crippen LogP contribution in [-0.4, -0.2) is 23.3 Å². The first-order valence-corrected chi connectivity index (χ1v) is 9.09. The van der Waals surface area contributed by atoms with E-state index >= 15 is 0 Å². The van der Waals surface area contributed by atoms with E-state index in [1.165, 1.54) is 5.56 Å². The van der Waals surface area contributed by atoms with Crippen molar-refractivity contribution < 1.29 is 9.31 Å². The van der Waals surface area contributed by atoms with E-state index in [1.807, 2.05) is 19.1 Å². The molecule has 26 heavy (non-hydrogen) atoms. The van der Waals surface area contributed by atoms with Crippen molar-refractivity contribution >= 4 is 23.5 Å². The SMILES string of the molecule is Cc1ccc2cc(-c3ccccc3)cc(B3OC(C)(C)C(C)(C)O3)c2n1. The predicted octanol–water partition coefficient (Wildman–Crippen LogP) is 4.51. The predicted molar refractivity (Wildman–Crippen MR) is 108 cm³/mol. The molecule has 0 spiro atoms. The summed E-state index contributed by atoms with van der Waals surface area (Å²) in [7, 11) is -0.430. The topological polar surface area (TPSA) is 31.4 Å². The van der Waals surface area contributed by atoms with Crippen molar-refractivity contribution in [2.45, 2.75) is 45.8 Å². The van der Waals surface area contributed by atoms with E-state index in [0.717, 1.165) is 27.6 Å². The zero-order chi connectivity index (χ0) is 18.5. The Morgan fingerprint density at radius 2 is 1.46 bits per heavy atom. The van der Waals surface area contributed by atoms with Gasteiger partial charge in [0.2, 0.25) is 0 Å². The van der Waals surface area contributed by atoms with Gasteiger partial charge in [-0.25, -0.2) is 0 Å². The van der Waals surface area contributed by atoms with E-state index in [-0.39, 0.29) is 11.2 Å². The lowest BCUT2D eigenvalue weighted by Crippen LogP contribution is -2.41. The summed E-state index contributed by atoms with van der Waals surface area (Å²) in [4.78, 5) is 4.79. The van der Waals surface area contributed by atoms with Crippen LogP contribution in [0.25, 0.3) is 22.0 Å². The van der Waals surface area contributed by atoms with Gasteiger partial charge in [-0.15, -0.1) is 0 Å². The largest absolute Gasteiger partial charge is 0.497 e. The number of benzene rings is 2. The van der Waals surface area contributed by atoms with Crippen LogP contribution in [0.4, 0.5) is 0 Å². The fourth-order valence-corrected chi connectivity index (χ4v) is 3.31. The van der Waals surface area contributed by atoms with Gasteiger partial charge in [-0.05, 0) is 57.9 Å². The highest BCUT2D eigenvalue weighted by Gasteiger charge is 2.52. The second-order valence-corrected chi connectivity index (χ2v) is 8.04. The minimum atomic E-state index is -0.430. The number of nitrogens with zero attached hydrogens (tertiary/aromatic N) is 1. The molecule has 132 valence electrons. The molecule has 1 fully saturated rings. The molecule has 2 heterocycles. The van der Waals surface area contributed by atoms with Gasteiger partial charge in [-0.2, -0.15) is 0 Å². The Morgan fingerprint density at radius 1 is 0.808 bits per heavy atom. The molecule has 0 radical (unpaired) electrons. The van der Waals surface area contributed by atoms with Crippen LogP contribution in [0.5, 0.6) is 0 Å². The van der Waals surface area contributed by atoms with Crippen LogP contribution in [0, 0.1) is 6.92 Å². The summed E-state index contributed by atoms with van der Waals surface area (Å²) in [6.07, 6.45) is 0. The lowest BCUT2D eigenvalue weighted by Gasteiger charge is -2.32. The monoisotopic (exact) mass is 345 g/mol. The lowest BCUT2D eigenvalue weighted by molar-refractivity contribution is 0.00578. The first-order chi connectivity index (χ1) is 12.3. The summed E-state index contributed by atoms with van der Waals surface area (Å²) in [5.74, 6) is 0. The number of pyridine rings is 1. The summed E-state index contributed by atoms with van der Waals surface area (Å²) in [5, 5.41) is 1.10. The van der Waals surface area contributed by atoms with Crippen LogP contribution in [0.1, 0.15) is 33.4 Å². The van der Waals surface area contributed by atoms with Crippen LogP contribution in [0.2, 0.25) is 0 Å². The fraction of sp³-hybridized carbons (Fsp3) is 0.318. The summed E-state index contributed by atoms with van der Waals surface area (Å²) >= 11 is 0. The molecule has 1 saturated heterocycles. The minimum Gasteiger partial charge on any atom is -0.399 e. The van der Waals surface area contributed by atoms with Gasteiger partial charge < -0.3 is 9.31 Å². The Bertz CT molecular complexity index is 951. The number of aryl methyl sites for hydroxylation is 1. The molecule has 2 aromatic carbocycles. The van der Waals surface area contributed by atoms with Crippen molar-refractivity contribution in [1.82, 2.24) is 4.98 Å². The van der Waals surface area contributed by atoms with E-state index < -0.39 is 7.12 Å². The second-order valence-electron chi connectivity index (χ2n) is 8.04. The molecule has 3 nitrogen and oxygen atoms in total. The minimum absolute atomic E-state index is 0.378. The Balaban J connectivity index is 1.91. The first kappa shape index (κ1) is 17.3. The van der Waals surface area contributed by atoms with E-state index in [0.29, 0.717) is 0 Å². The zero-order valence-corrected chi connectivity index (χ0v) is 16.0. The second kappa shape index (κ2) is 5.93. The van der Waals surface area contributed by atoms with Crippen molar-refractivity contribution in [3.63, 3.8) is 0 Å². The van der Waals surface area contributed by atoms with Gasteiger partial charge in [0.15, 0.2) is 0 Å². The number of hydrogen-bond donors (Lipinski definition) is 0. The molecular formula is C22H24BNO2. The maximum Gasteiger partial charge on any atom is 0.497 e. The number of fused-ring (bicyclic) bond motifs is 1. The van der Waals surface area contributed by atoms with Crippen molar-refractivity contribution in [3.05, 3.63) is 60.3 Å². The molecule has 3 aromatic rings. The van der Waals surface area contributed by atoms with Crippen molar-refractivity contribution in [3.8, 4) is 11.1 Å². The summed E-state index contributed by atoms with van der Waals surface area (Å²) < 4.78 is 12.7. The Hall–Kier alpha value is -2.17. The highest BCUT2D eigenvalue weighted by atomic mass is 16.7. The molecule has 1 aromatic heterocycles. The molecule has 1 aliphatic rings. The van der Waals surface area contributed by atoms with Crippen LogP contribution in [0.15, 0.2) is 54.6 Å². The van der Waals surface area contributed by atoms with Crippen LogP contribution >= 0.6 is 0 Å². The molecule has 0 N–H and O–H groups in total. The van der Waals surface area contributed by atoms with E-state index in [9.17, 15) is 0 Å². The molecular weight excluding hydrogens is 321 g/mol. The molecule has 0 atom stereocenters. The zero-order valence-electron chi connectivity index (χ0n) is 16.0. The third-order valence-corrected chi connectivity index (χ3v) is 5.58. The van der Waals surface area contributed by atoms with Gasteiger partial charge >= 0.3 is 7.12 Å². The molecule has 0 amide bonds. The molecule has 0 unspecified atom stereocenters. The third-order valence-electron chi connectivity index (χ3n) is 5.58. The maximum atomic E-state index is 6.33. The number of aromatic nitrogens is 1.